The van der Waals surface area contributed by atoms with Crippen LogP contribution in [0.25, 0.3) is 69.9 Å². The highest BCUT2D eigenvalue weighted by Crippen LogP contribution is 2.45. The number of aromatic nitrogens is 1. The van der Waals surface area contributed by atoms with E-state index in [-0.39, 0.29) is 0 Å². The Bertz CT molecular complexity index is 2330. The fraction of sp³-hybridized carbons (Fsp3) is 0. The summed E-state index contributed by atoms with van der Waals surface area (Å²) in [4.78, 5) is 0. The standard InChI is InChI=1S/C36H20BNO2S/c1-5-13-30-22(9-1)26-19-27-25-12-4-8-16-34(25)41-35(27)20-31(26)38(30)21-17-28-23-10-2-6-14-32(23)39-37-36(28)29(18-21)24-11-3-7-15-33(24)40-37/h1-20H. The van der Waals surface area contributed by atoms with Crippen molar-refractivity contribution < 1.29 is 9.31 Å². The molecule has 0 atom stereocenters. The van der Waals surface area contributed by atoms with Gasteiger partial charge in [-0.05, 0) is 59.7 Å². The lowest BCUT2D eigenvalue weighted by Crippen LogP contribution is -2.49. The molecule has 0 aliphatic carbocycles. The Kier molecular flexibility index (Phi) is 4.15. The Balaban J connectivity index is 1.35. The summed E-state index contributed by atoms with van der Waals surface area (Å²) in [6, 6.07) is 43.5. The maximum Gasteiger partial charge on any atom is 0.633 e. The van der Waals surface area contributed by atoms with Crippen molar-refractivity contribution >= 4 is 65.9 Å². The number of fused-ring (bicyclic) bond motifs is 10. The second-order valence-corrected chi connectivity index (χ2v) is 11.9. The first kappa shape index (κ1) is 21.8. The maximum absolute atomic E-state index is 6.42. The van der Waals surface area contributed by atoms with Crippen molar-refractivity contribution in [2.24, 2.45) is 0 Å². The molecule has 5 heteroatoms. The van der Waals surface area contributed by atoms with E-state index in [1.54, 1.807) is 0 Å². The van der Waals surface area contributed by atoms with E-state index in [1.807, 2.05) is 35.6 Å². The predicted molar refractivity (Wildman–Crippen MR) is 171 cm³/mol. The first-order valence-corrected chi connectivity index (χ1v) is 14.7. The monoisotopic (exact) mass is 541 g/mol. The average Bonchev–Trinajstić information content (AvgIpc) is 3.54. The predicted octanol–water partition coefficient (Wildman–Crippen LogP) is 8.97. The van der Waals surface area contributed by atoms with E-state index < -0.39 is 7.12 Å². The summed E-state index contributed by atoms with van der Waals surface area (Å²) in [7, 11) is -0.477. The molecule has 0 spiro atoms. The summed E-state index contributed by atoms with van der Waals surface area (Å²) in [5.41, 5.74) is 9.16. The first-order valence-electron chi connectivity index (χ1n) is 13.9. The fourth-order valence-corrected chi connectivity index (χ4v) is 8.01. The molecule has 2 aliphatic rings. The highest BCUT2D eigenvalue weighted by molar-refractivity contribution is 7.25. The molecule has 6 aromatic carbocycles. The summed E-state index contributed by atoms with van der Waals surface area (Å²) in [6.45, 7) is 0. The highest BCUT2D eigenvalue weighted by Gasteiger charge is 2.41. The maximum atomic E-state index is 6.42. The molecule has 190 valence electrons. The minimum atomic E-state index is -0.477. The van der Waals surface area contributed by atoms with E-state index in [9.17, 15) is 0 Å². The molecule has 8 aromatic rings. The third-order valence-electron chi connectivity index (χ3n) is 8.65. The summed E-state index contributed by atoms with van der Waals surface area (Å²) in [6.07, 6.45) is 0. The van der Waals surface area contributed by atoms with Gasteiger partial charge in [0.2, 0.25) is 0 Å². The Morgan fingerprint density at radius 3 is 1.88 bits per heavy atom. The summed E-state index contributed by atoms with van der Waals surface area (Å²) in [5.74, 6) is 1.70. The van der Waals surface area contributed by atoms with Crippen LogP contribution in [0.15, 0.2) is 121 Å². The molecule has 0 saturated carbocycles. The van der Waals surface area contributed by atoms with Crippen LogP contribution in [0.3, 0.4) is 0 Å². The normalized spacial score (nSPS) is 13.2. The quantitative estimate of drug-likeness (QED) is 0.194. The van der Waals surface area contributed by atoms with Crippen LogP contribution < -0.4 is 14.8 Å². The third kappa shape index (κ3) is 2.88. The van der Waals surface area contributed by atoms with Crippen molar-refractivity contribution in [1.29, 1.82) is 0 Å². The van der Waals surface area contributed by atoms with Gasteiger partial charge in [0.05, 0.1) is 11.0 Å². The van der Waals surface area contributed by atoms with Gasteiger partial charge in [0.25, 0.3) is 0 Å². The van der Waals surface area contributed by atoms with E-state index in [0.717, 1.165) is 44.9 Å². The molecule has 41 heavy (non-hydrogen) atoms. The Hall–Kier alpha value is -5.00. The van der Waals surface area contributed by atoms with E-state index >= 15 is 0 Å². The summed E-state index contributed by atoms with van der Waals surface area (Å²) in [5, 5.41) is 5.18. The molecule has 2 aliphatic heterocycles. The number of benzene rings is 6. The number of thiophene rings is 1. The van der Waals surface area contributed by atoms with Gasteiger partial charge in [-0.15, -0.1) is 11.3 Å². The van der Waals surface area contributed by atoms with Gasteiger partial charge in [-0.25, -0.2) is 0 Å². The minimum Gasteiger partial charge on any atom is -0.521 e. The van der Waals surface area contributed by atoms with Crippen LogP contribution in [0.4, 0.5) is 0 Å². The topological polar surface area (TPSA) is 23.4 Å². The van der Waals surface area contributed by atoms with Gasteiger partial charge >= 0.3 is 7.12 Å². The Labute approximate surface area is 239 Å². The van der Waals surface area contributed by atoms with Crippen LogP contribution in [0.2, 0.25) is 0 Å². The van der Waals surface area contributed by atoms with E-state index in [1.165, 1.54) is 42.0 Å². The van der Waals surface area contributed by atoms with Gasteiger partial charge in [-0.1, -0.05) is 72.8 Å². The molecule has 0 saturated heterocycles. The molecule has 0 fully saturated rings. The molecule has 0 radical (unpaired) electrons. The minimum absolute atomic E-state index is 0.477. The van der Waals surface area contributed by atoms with Crippen LogP contribution in [0.1, 0.15) is 0 Å². The first-order chi connectivity index (χ1) is 20.3. The Morgan fingerprint density at radius 2 is 1.12 bits per heavy atom. The lowest BCUT2D eigenvalue weighted by Gasteiger charge is -2.32. The summed E-state index contributed by atoms with van der Waals surface area (Å²) < 4.78 is 17.9. The van der Waals surface area contributed by atoms with E-state index in [4.69, 9.17) is 9.31 Å². The number of hydrogen-bond acceptors (Lipinski definition) is 3. The van der Waals surface area contributed by atoms with Gasteiger partial charge in [0.1, 0.15) is 11.5 Å². The summed E-state index contributed by atoms with van der Waals surface area (Å²) >= 11 is 1.87. The van der Waals surface area contributed by atoms with Gasteiger partial charge < -0.3 is 13.9 Å². The second-order valence-electron chi connectivity index (χ2n) is 10.8. The van der Waals surface area contributed by atoms with Crippen LogP contribution in [0.5, 0.6) is 11.5 Å². The van der Waals surface area contributed by atoms with E-state index in [0.29, 0.717) is 0 Å². The molecular formula is C36H20BNO2S. The van der Waals surface area contributed by atoms with E-state index in [2.05, 4.69) is 102 Å². The number of nitrogens with zero attached hydrogens (tertiary/aromatic N) is 1. The molecule has 0 amide bonds. The van der Waals surface area contributed by atoms with Gasteiger partial charge in [-0.3, -0.25) is 0 Å². The van der Waals surface area contributed by atoms with Crippen molar-refractivity contribution in [3.63, 3.8) is 0 Å². The third-order valence-corrected chi connectivity index (χ3v) is 9.79. The molecule has 3 nitrogen and oxygen atoms in total. The molecule has 0 bridgehead atoms. The zero-order chi connectivity index (χ0) is 26.7. The Morgan fingerprint density at radius 1 is 0.488 bits per heavy atom. The lowest BCUT2D eigenvalue weighted by molar-refractivity contribution is 0.436. The molecule has 10 rings (SSSR count). The van der Waals surface area contributed by atoms with Crippen LogP contribution in [-0.4, -0.2) is 11.7 Å². The second kappa shape index (κ2) is 7.81. The molecule has 0 N–H and O–H groups in total. The molecule has 2 aromatic heterocycles. The molecule has 4 heterocycles. The van der Waals surface area contributed by atoms with Gasteiger partial charge in [-0.2, -0.15) is 0 Å². The lowest BCUT2D eigenvalue weighted by atomic mass is 9.66. The van der Waals surface area contributed by atoms with Gasteiger partial charge in [0, 0.05) is 53.2 Å². The van der Waals surface area contributed by atoms with Crippen LogP contribution in [-0.2, 0) is 0 Å². The van der Waals surface area contributed by atoms with Crippen molar-refractivity contribution in [2.75, 3.05) is 0 Å². The molecule has 0 unspecified atom stereocenters. The smallest absolute Gasteiger partial charge is 0.521 e. The fourth-order valence-electron chi connectivity index (χ4n) is 6.89. The molecular weight excluding hydrogens is 521 g/mol. The largest absolute Gasteiger partial charge is 0.633 e. The SMILES string of the molecule is c1ccc2c(c1)OB1Oc3ccccc3-c3cc(-n4c5ccccc5c5cc6c(cc54)sc4ccccc46)cc-2c31. The number of para-hydroxylation sites is 3. The van der Waals surface area contributed by atoms with Crippen LogP contribution in [0, 0.1) is 0 Å². The zero-order valence-corrected chi connectivity index (χ0v) is 22.6. The average molecular weight is 541 g/mol. The van der Waals surface area contributed by atoms with Crippen molar-refractivity contribution in [1.82, 2.24) is 4.57 Å². The van der Waals surface area contributed by atoms with Crippen molar-refractivity contribution in [3.8, 4) is 39.4 Å². The van der Waals surface area contributed by atoms with Gasteiger partial charge in [0.15, 0.2) is 0 Å². The highest BCUT2D eigenvalue weighted by atomic mass is 32.1. The number of hydrogen-bond donors (Lipinski definition) is 0. The zero-order valence-electron chi connectivity index (χ0n) is 21.8. The van der Waals surface area contributed by atoms with Crippen LogP contribution >= 0.6 is 11.3 Å². The van der Waals surface area contributed by atoms with Crippen molar-refractivity contribution in [2.45, 2.75) is 0 Å². The number of rotatable bonds is 1. The van der Waals surface area contributed by atoms with Crippen molar-refractivity contribution in [3.05, 3.63) is 121 Å².